The molecule has 0 saturated heterocycles. The van der Waals surface area contributed by atoms with E-state index in [4.69, 9.17) is 9.47 Å². The van der Waals surface area contributed by atoms with Crippen molar-refractivity contribution in [3.8, 4) is 6.07 Å². The summed E-state index contributed by atoms with van der Waals surface area (Å²) in [5.41, 5.74) is -0.0346. The molecule has 0 aromatic carbocycles. The molecule has 0 aliphatic rings. The Kier molecular flexibility index (Phi) is 9.15. The Labute approximate surface area is 146 Å². The molecule has 9 heteroatoms. The van der Waals surface area contributed by atoms with E-state index in [1.165, 1.54) is 23.1 Å². The van der Waals surface area contributed by atoms with Gasteiger partial charge in [0.1, 0.15) is 12.7 Å². The lowest BCUT2D eigenvalue weighted by molar-refractivity contribution is -0.140. The molecule has 120 valence electrons. The maximum Gasteiger partial charge on any atom is 0.351 e. The zero-order valence-electron chi connectivity index (χ0n) is 12.2. The molecule has 0 fully saturated rings. The minimum absolute atomic E-state index is 0.0346. The molecule has 1 aromatic rings. The van der Waals surface area contributed by atoms with Crippen molar-refractivity contribution < 1.29 is 14.3 Å². The summed E-state index contributed by atoms with van der Waals surface area (Å²) >= 11 is 6.06. The van der Waals surface area contributed by atoms with Crippen molar-refractivity contribution in [2.24, 2.45) is 0 Å². The number of nitrogens with one attached hydrogen (secondary N) is 1. The SMILES string of the molecule is CCOCCOC(=O)/C(C#N)=C(/NCc1cnc(Br)s1)SC. The highest BCUT2D eigenvalue weighted by atomic mass is 79.9. The molecular formula is C13H16BrN3O3S2. The van der Waals surface area contributed by atoms with E-state index in [1.807, 2.05) is 13.0 Å². The Morgan fingerprint density at radius 1 is 1.59 bits per heavy atom. The number of thioether (sulfide) groups is 1. The van der Waals surface area contributed by atoms with Gasteiger partial charge in [-0.2, -0.15) is 5.26 Å². The highest BCUT2D eigenvalue weighted by molar-refractivity contribution is 9.11. The van der Waals surface area contributed by atoms with Gasteiger partial charge in [0.2, 0.25) is 0 Å². The molecule has 0 aliphatic heterocycles. The average molecular weight is 406 g/mol. The van der Waals surface area contributed by atoms with Crippen LogP contribution in [0, 0.1) is 11.3 Å². The molecular weight excluding hydrogens is 390 g/mol. The van der Waals surface area contributed by atoms with E-state index >= 15 is 0 Å². The number of esters is 1. The van der Waals surface area contributed by atoms with Crippen LogP contribution in [0.4, 0.5) is 0 Å². The van der Waals surface area contributed by atoms with E-state index in [1.54, 1.807) is 12.5 Å². The summed E-state index contributed by atoms with van der Waals surface area (Å²) in [5.74, 6) is -0.649. The predicted molar refractivity (Wildman–Crippen MR) is 90.3 cm³/mol. The fraction of sp³-hybridized carbons (Fsp3) is 0.462. The molecule has 1 rings (SSSR count). The van der Waals surface area contributed by atoms with E-state index in [9.17, 15) is 10.1 Å². The summed E-state index contributed by atoms with van der Waals surface area (Å²) in [7, 11) is 0. The van der Waals surface area contributed by atoms with Crippen molar-refractivity contribution in [3.05, 3.63) is 25.6 Å². The molecule has 0 atom stereocenters. The van der Waals surface area contributed by atoms with E-state index in [-0.39, 0.29) is 12.2 Å². The van der Waals surface area contributed by atoms with Gasteiger partial charge < -0.3 is 14.8 Å². The first-order valence-corrected chi connectivity index (χ1v) is 9.23. The molecule has 0 saturated carbocycles. The van der Waals surface area contributed by atoms with Crippen LogP contribution in [0.5, 0.6) is 0 Å². The van der Waals surface area contributed by atoms with Gasteiger partial charge in [-0.05, 0) is 29.1 Å². The van der Waals surface area contributed by atoms with Crippen LogP contribution < -0.4 is 5.32 Å². The summed E-state index contributed by atoms with van der Waals surface area (Å²) in [5, 5.41) is 12.7. The number of halogens is 1. The summed E-state index contributed by atoms with van der Waals surface area (Å²) < 4.78 is 10.9. The normalized spacial score (nSPS) is 11.5. The van der Waals surface area contributed by atoms with Crippen LogP contribution in [0.15, 0.2) is 20.7 Å². The minimum Gasteiger partial charge on any atom is -0.459 e. The van der Waals surface area contributed by atoms with Crippen molar-refractivity contribution in [1.82, 2.24) is 10.3 Å². The number of carbonyl (C=O) groups excluding carboxylic acids is 1. The second kappa shape index (κ2) is 10.6. The molecule has 0 aliphatic carbocycles. The third-order valence-corrected chi connectivity index (χ3v) is 4.59. The maximum absolute atomic E-state index is 11.9. The number of hydrogen-bond acceptors (Lipinski definition) is 8. The molecule has 0 bridgehead atoms. The zero-order valence-corrected chi connectivity index (χ0v) is 15.4. The van der Waals surface area contributed by atoms with Crippen LogP contribution >= 0.6 is 39.0 Å². The Hall–Kier alpha value is -1.08. The van der Waals surface area contributed by atoms with Crippen molar-refractivity contribution in [2.45, 2.75) is 13.5 Å². The summed E-state index contributed by atoms with van der Waals surface area (Å²) in [6.45, 7) is 3.34. The third kappa shape index (κ3) is 6.36. The van der Waals surface area contributed by atoms with Crippen LogP contribution in [-0.4, -0.2) is 37.0 Å². The number of rotatable bonds is 9. The summed E-state index contributed by atoms with van der Waals surface area (Å²) in [6, 6.07) is 1.89. The molecule has 22 heavy (non-hydrogen) atoms. The summed E-state index contributed by atoms with van der Waals surface area (Å²) in [6.07, 6.45) is 3.52. The lowest BCUT2D eigenvalue weighted by Gasteiger charge is -2.10. The minimum atomic E-state index is -0.649. The Bertz CT molecular complexity index is 569. The number of nitrogens with zero attached hydrogens (tertiary/aromatic N) is 2. The summed E-state index contributed by atoms with van der Waals surface area (Å²) in [4.78, 5) is 17.0. The van der Waals surface area contributed by atoms with Gasteiger partial charge in [0.25, 0.3) is 0 Å². The van der Waals surface area contributed by atoms with Gasteiger partial charge in [0.05, 0.1) is 18.2 Å². The van der Waals surface area contributed by atoms with Crippen LogP contribution in [0.3, 0.4) is 0 Å². The molecule has 0 amide bonds. The lowest BCUT2D eigenvalue weighted by atomic mass is 10.3. The van der Waals surface area contributed by atoms with Gasteiger partial charge in [-0.25, -0.2) is 9.78 Å². The number of ether oxygens (including phenoxy) is 2. The zero-order chi connectivity index (χ0) is 16.4. The second-order valence-electron chi connectivity index (χ2n) is 3.79. The lowest BCUT2D eigenvalue weighted by Crippen LogP contribution is -2.18. The van der Waals surface area contributed by atoms with E-state index in [0.29, 0.717) is 24.8 Å². The fourth-order valence-electron chi connectivity index (χ4n) is 1.39. The Balaban J connectivity index is 2.65. The molecule has 0 unspecified atom stereocenters. The second-order valence-corrected chi connectivity index (χ2v) is 6.99. The van der Waals surface area contributed by atoms with Gasteiger partial charge in [-0.1, -0.05) is 0 Å². The van der Waals surface area contributed by atoms with Crippen molar-refractivity contribution in [3.63, 3.8) is 0 Å². The quantitative estimate of drug-likeness (QED) is 0.292. The van der Waals surface area contributed by atoms with Crippen molar-refractivity contribution >= 4 is 45.0 Å². The molecule has 1 N–H and O–H groups in total. The number of aromatic nitrogens is 1. The van der Waals surface area contributed by atoms with Crippen molar-refractivity contribution in [2.75, 3.05) is 26.1 Å². The fourth-order valence-corrected chi connectivity index (χ4v) is 3.24. The van der Waals surface area contributed by atoms with Crippen LogP contribution in [0.2, 0.25) is 0 Å². The Morgan fingerprint density at radius 3 is 2.91 bits per heavy atom. The molecule has 1 aromatic heterocycles. The van der Waals surface area contributed by atoms with E-state index < -0.39 is 5.97 Å². The highest BCUT2D eigenvalue weighted by Crippen LogP contribution is 2.20. The maximum atomic E-state index is 11.9. The van der Waals surface area contributed by atoms with Crippen LogP contribution in [0.1, 0.15) is 11.8 Å². The number of carbonyl (C=O) groups is 1. The van der Waals surface area contributed by atoms with Gasteiger partial charge in [0.15, 0.2) is 9.49 Å². The predicted octanol–water partition coefficient (Wildman–Crippen LogP) is 2.67. The topological polar surface area (TPSA) is 84.2 Å². The van der Waals surface area contributed by atoms with Crippen molar-refractivity contribution in [1.29, 1.82) is 5.26 Å². The van der Waals surface area contributed by atoms with Gasteiger partial charge in [0, 0.05) is 17.7 Å². The highest BCUT2D eigenvalue weighted by Gasteiger charge is 2.17. The van der Waals surface area contributed by atoms with E-state index in [2.05, 4.69) is 26.2 Å². The first kappa shape index (κ1) is 19.0. The first-order valence-electron chi connectivity index (χ1n) is 6.39. The number of hydrogen-bond donors (Lipinski definition) is 1. The smallest absolute Gasteiger partial charge is 0.351 e. The van der Waals surface area contributed by atoms with Gasteiger partial charge in [-0.3, -0.25) is 0 Å². The van der Waals surface area contributed by atoms with Gasteiger partial charge in [-0.15, -0.1) is 23.1 Å². The standard InChI is InChI=1S/C13H16BrN3O3S2/c1-3-19-4-5-20-12(18)10(6-15)11(21-2)16-7-9-8-17-13(14)22-9/h8,16H,3-5,7H2,1-2H3/b11-10-. The van der Waals surface area contributed by atoms with E-state index in [0.717, 1.165) is 8.79 Å². The van der Waals surface area contributed by atoms with Crippen LogP contribution in [0.25, 0.3) is 0 Å². The molecule has 6 nitrogen and oxygen atoms in total. The Morgan fingerprint density at radius 2 is 2.36 bits per heavy atom. The van der Waals surface area contributed by atoms with Gasteiger partial charge >= 0.3 is 5.97 Å². The number of thiazole rings is 1. The third-order valence-electron chi connectivity index (χ3n) is 2.36. The monoisotopic (exact) mass is 405 g/mol. The largest absolute Gasteiger partial charge is 0.459 e. The first-order chi connectivity index (χ1) is 10.6. The molecule has 0 spiro atoms. The molecule has 0 radical (unpaired) electrons. The van der Waals surface area contributed by atoms with Crippen LogP contribution in [-0.2, 0) is 20.8 Å². The number of nitriles is 1. The molecule has 1 heterocycles. The average Bonchev–Trinajstić information content (AvgIpc) is 2.93.